The molecular weight excluding hydrogens is 380 g/mol. The van der Waals surface area contributed by atoms with Gasteiger partial charge in [-0.15, -0.1) is 0 Å². The summed E-state index contributed by atoms with van der Waals surface area (Å²) >= 11 is 0. The van der Waals surface area contributed by atoms with E-state index in [4.69, 9.17) is 9.47 Å². The van der Waals surface area contributed by atoms with Crippen molar-refractivity contribution in [1.82, 2.24) is 5.32 Å². The number of carbonyl (C=O) groups excluding carboxylic acids is 1. The zero-order valence-electron chi connectivity index (χ0n) is 15.9. The SMILES string of the molecule is CC[C@H](C(=O)NC[C@H]1COc2ccccc2O1)N(c1ccccc1)S(C)(=O)=O. The van der Waals surface area contributed by atoms with Crippen LogP contribution in [0.1, 0.15) is 13.3 Å². The van der Waals surface area contributed by atoms with Gasteiger partial charge in [-0.2, -0.15) is 0 Å². The van der Waals surface area contributed by atoms with E-state index in [1.807, 2.05) is 18.2 Å². The van der Waals surface area contributed by atoms with Crippen LogP contribution in [0.5, 0.6) is 11.5 Å². The molecule has 1 aliphatic rings. The number of hydrogen-bond acceptors (Lipinski definition) is 5. The second kappa shape index (κ2) is 8.52. The molecule has 0 aliphatic carbocycles. The molecule has 7 nitrogen and oxygen atoms in total. The third-order valence-corrected chi connectivity index (χ3v) is 5.59. The molecule has 0 aromatic heterocycles. The lowest BCUT2D eigenvalue weighted by molar-refractivity contribution is -0.122. The summed E-state index contributed by atoms with van der Waals surface area (Å²) < 4.78 is 37.4. The first-order valence-electron chi connectivity index (χ1n) is 9.10. The number of benzene rings is 2. The smallest absolute Gasteiger partial charge is 0.244 e. The number of para-hydroxylation sites is 3. The van der Waals surface area contributed by atoms with Crippen LogP contribution in [0, 0.1) is 0 Å². The maximum atomic E-state index is 12.8. The van der Waals surface area contributed by atoms with Crippen LogP contribution in [-0.2, 0) is 14.8 Å². The van der Waals surface area contributed by atoms with Crippen LogP contribution in [0.15, 0.2) is 54.6 Å². The van der Waals surface area contributed by atoms with Crippen LogP contribution in [0.4, 0.5) is 5.69 Å². The summed E-state index contributed by atoms with van der Waals surface area (Å²) in [6.07, 6.45) is 1.09. The first-order chi connectivity index (χ1) is 13.4. The highest BCUT2D eigenvalue weighted by molar-refractivity contribution is 7.92. The van der Waals surface area contributed by atoms with Gasteiger partial charge >= 0.3 is 0 Å². The quantitative estimate of drug-likeness (QED) is 0.765. The second-order valence-electron chi connectivity index (χ2n) is 6.56. The summed E-state index contributed by atoms with van der Waals surface area (Å²) in [5, 5.41) is 2.81. The van der Waals surface area contributed by atoms with Gasteiger partial charge in [-0.3, -0.25) is 9.10 Å². The zero-order valence-corrected chi connectivity index (χ0v) is 16.7. The number of ether oxygens (including phenoxy) is 2. The standard InChI is InChI=1S/C20H24N2O5S/c1-3-17(22(28(2,24)25)15-9-5-4-6-10-15)20(23)21-13-16-14-26-18-11-7-8-12-19(18)27-16/h4-12,16-17H,3,13-14H2,1-2H3,(H,21,23)/t16-,17+/m0/s1. The van der Waals surface area contributed by atoms with Gasteiger partial charge in [0.15, 0.2) is 11.5 Å². The largest absolute Gasteiger partial charge is 0.486 e. The Kier molecular flexibility index (Phi) is 6.08. The lowest BCUT2D eigenvalue weighted by atomic mass is 10.2. The predicted molar refractivity (Wildman–Crippen MR) is 107 cm³/mol. The Morgan fingerprint density at radius 1 is 1.14 bits per heavy atom. The van der Waals surface area contributed by atoms with E-state index in [1.54, 1.807) is 43.3 Å². The minimum atomic E-state index is -3.64. The molecule has 2 aromatic carbocycles. The summed E-state index contributed by atoms with van der Waals surface area (Å²) in [6, 6.07) is 15.1. The van der Waals surface area contributed by atoms with Gasteiger partial charge in [-0.25, -0.2) is 8.42 Å². The van der Waals surface area contributed by atoms with Crippen molar-refractivity contribution in [3.05, 3.63) is 54.6 Å². The number of rotatable bonds is 7. The number of carbonyl (C=O) groups is 1. The maximum Gasteiger partial charge on any atom is 0.244 e. The maximum absolute atomic E-state index is 12.8. The van der Waals surface area contributed by atoms with Crippen molar-refractivity contribution in [2.24, 2.45) is 0 Å². The molecule has 1 heterocycles. The molecule has 0 spiro atoms. The first kappa shape index (κ1) is 20.0. The fourth-order valence-corrected chi connectivity index (χ4v) is 4.34. The van der Waals surface area contributed by atoms with Crippen LogP contribution in [-0.4, -0.2) is 45.9 Å². The molecule has 0 saturated heterocycles. The van der Waals surface area contributed by atoms with Gasteiger partial charge in [0.1, 0.15) is 18.8 Å². The minimum Gasteiger partial charge on any atom is -0.486 e. The van der Waals surface area contributed by atoms with Crippen LogP contribution in [0.2, 0.25) is 0 Å². The van der Waals surface area contributed by atoms with E-state index in [-0.39, 0.29) is 18.6 Å². The number of hydrogen-bond donors (Lipinski definition) is 1. The monoisotopic (exact) mass is 404 g/mol. The zero-order chi connectivity index (χ0) is 20.1. The van der Waals surface area contributed by atoms with Crippen molar-refractivity contribution in [1.29, 1.82) is 0 Å². The van der Waals surface area contributed by atoms with Crippen molar-refractivity contribution in [2.45, 2.75) is 25.5 Å². The van der Waals surface area contributed by atoms with Crippen molar-refractivity contribution in [3.8, 4) is 11.5 Å². The first-order valence-corrected chi connectivity index (χ1v) is 11.0. The molecule has 0 radical (unpaired) electrons. The Bertz CT molecular complexity index is 917. The van der Waals surface area contributed by atoms with E-state index >= 15 is 0 Å². The lowest BCUT2D eigenvalue weighted by Gasteiger charge is -2.31. The Morgan fingerprint density at radius 3 is 2.43 bits per heavy atom. The highest BCUT2D eigenvalue weighted by Gasteiger charge is 2.32. The number of amides is 1. The van der Waals surface area contributed by atoms with E-state index in [1.165, 1.54) is 0 Å². The summed E-state index contributed by atoms with van der Waals surface area (Å²) in [7, 11) is -3.64. The Hall–Kier alpha value is -2.74. The normalized spacial score (nSPS) is 16.9. The van der Waals surface area contributed by atoms with Crippen LogP contribution >= 0.6 is 0 Å². The molecule has 0 unspecified atom stereocenters. The van der Waals surface area contributed by atoms with Crippen molar-refractivity contribution < 1.29 is 22.7 Å². The Morgan fingerprint density at radius 2 is 1.79 bits per heavy atom. The van der Waals surface area contributed by atoms with Gasteiger partial charge in [0.25, 0.3) is 0 Å². The molecular formula is C20H24N2O5S. The van der Waals surface area contributed by atoms with Gasteiger partial charge in [-0.1, -0.05) is 37.3 Å². The van der Waals surface area contributed by atoms with E-state index in [9.17, 15) is 13.2 Å². The highest BCUT2D eigenvalue weighted by Crippen LogP contribution is 2.30. The Balaban J connectivity index is 1.69. The minimum absolute atomic E-state index is 0.218. The van der Waals surface area contributed by atoms with E-state index < -0.39 is 16.1 Å². The number of anilines is 1. The van der Waals surface area contributed by atoms with Gasteiger partial charge in [0.2, 0.25) is 15.9 Å². The molecule has 0 bridgehead atoms. The molecule has 2 aromatic rings. The molecule has 1 aliphatic heterocycles. The second-order valence-corrected chi connectivity index (χ2v) is 8.42. The topological polar surface area (TPSA) is 84.9 Å². The summed E-state index contributed by atoms with van der Waals surface area (Å²) in [5.41, 5.74) is 0.457. The van der Waals surface area contributed by atoms with E-state index in [2.05, 4.69) is 5.32 Å². The molecule has 0 saturated carbocycles. The number of nitrogens with zero attached hydrogens (tertiary/aromatic N) is 1. The fraction of sp³-hybridized carbons (Fsp3) is 0.350. The molecule has 8 heteroatoms. The summed E-state index contributed by atoms with van der Waals surface area (Å²) in [6.45, 7) is 2.31. The predicted octanol–water partition coefficient (Wildman–Crippen LogP) is 2.19. The molecule has 28 heavy (non-hydrogen) atoms. The molecule has 2 atom stereocenters. The van der Waals surface area contributed by atoms with Gasteiger partial charge < -0.3 is 14.8 Å². The number of fused-ring (bicyclic) bond motifs is 1. The van der Waals surface area contributed by atoms with Crippen LogP contribution in [0.3, 0.4) is 0 Å². The van der Waals surface area contributed by atoms with Crippen molar-refractivity contribution in [3.63, 3.8) is 0 Å². The summed E-state index contributed by atoms with van der Waals surface area (Å²) in [5.74, 6) is 0.921. The molecule has 150 valence electrons. The van der Waals surface area contributed by atoms with Gasteiger partial charge in [0.05, 0.1) is 18.5 Å². The third kappa shape index (κ3) is 4.56. The average Bonchev–Trinajstić information content (AvgIpc) is 2.69. The van der Waals surface area contributed by atoms with Crippen molar-refractivity contribution in [2.75, 3.05) is 23.7 Å². The molecule has 0 fully saturated rings. The van der Waals surface area contributed by atoms with Crippen LogP contribution < -0.4 is 19.1 Å². The highest BCUT2D eigenvalue weighted by atomic mass is 32.2. The number of sulfonamides is 1. The number of nitrogens with one attached hydrogen (secondary N) is 1. The molecule has 1 N–H and O–H groups in total. The molecule has 1 amide bonds. The van der Waals surface area contributed by atoms with E-state index in [0.29, 0.717) is 30.2 Å². The average molecular weight is 404 g/mol. The fourth-order valence-electron chi connectivity index (χ4n) is 3.13. The van der Waals surface area contributed by atoms with E-state index in [0.717, 1.165) is 10.6 Å². The Labute approximate surface area is 165 Å². The van der Waals surface area contributed by atoms with Gasteiger partial charge in [-0.05, 0) is 30.7 Å². The lowest BCUT2D eigenvalue weighted by Crippen LogP contribution is -2.51. The van der Waals surface area contributed by atoms with Crippen LogP contribution in [0.25, 0.3) is 0 Å². The third-order valence-electron chi connectivity index (χ3n) is 4.41. The summed E-state index contributed by atoms with van der Waals surface area (Å²) in [4.78, 5) is 12.8. The van der Waals surface area contributed by atoms with Crippen molar-refractivity contribution >= 4 is 21.6 Å². The molecule has 3 rings (SSSR count). The van der Waals surface area contributed by atoms with Gasteiger partial charge in [0, 0.05) is 0 Å².